The van der Waals surface area contributed by atoms with Crippen molar-refractivity contribution in [3.05, 3.63) is 29.8 Å². The molecule has 0 heterocycles. The third-order valence-electron chi connectivity index (χ3n) is 3.26. The van der Waals surface area contributed by atoms with Crippen LogP contribution in [0.4, 0.5) is 0 Å². The van der Waals surface area contributed by atoms with Crippen molar-refractivity contribution < 1.29 is 17.9 Å². The van der Waals surface area contributed by atoms with Gasteiger partial charge in [-0.25, -0.2) is 13.2 Å². The molecule has 0 aliphatic heterocycles. The monoisotopic (exact) mass is 308 g/mol. The number of methoxy groups -OCH3 is 1. The molecule has 0 spiro atoms. The number of carbonyl (C=O) groups is 1. The molecule has 0 N–H and O–H groups in total. The maximum absolute atomic E-state index is 12.6. The highest BCUT2D eigenvalue weighted by Crippen LogP contribution is 2.32. The van der Waals surface area contributed by atoms with Crippen molar-refractivity contribution in [1.29, 1.82) is 5.26 Å². The van der Waals surface area contributed by atoms with Gasteiger partial charge < -0.3 is 4.74 Å². The molecule has 1 aromatic carbocycles. The summed E-state index contributed by atoms with van der Waals surface area (Å²) in [4.78, 5) is 11.6. The zero-order chi connectivity index (χ0) is 15.5. The van der Waals surface area contributed by atoms with Gasteiger partial charge in [-0.3, -0.25) is 0 Å². The minimum Gasteiger partial charge on any atom is -0.465 e. The van der Waals surface area contributed by atoms with E-state index in [9.17, 15) is 13.2 Å². The highest BCUT2D eigenvalue weighted by atomic mass is 32.2. The summed E-state index contributed by atoms with van der Waals surface area (Å²) >= 11 is 0. The van der Waals surface area contributed by atoms with Crippen molar-refractivity contribution in [3.8, 4) is 6.07 Å². The first-order valence-corrected chi connectivity index (χ1v) is 8.02. The number of esters is 1. The molecule has 0 aromatic heterocycles. The molecule has 1 fully saturated rings. The third-order valence-corrected chi connectivity index (χ3v) is 5.21. The van der Waals surface area contributed by atoms with Gasteiger partial charge in [-0.2, -0.15) is 9.57 Å². The van der Waals surface area contributed by atoms with E-state index in [4.69, 9.17) is 5.26 Å². The molecule has 0 amide bonds. The van der Waals surface area contributed by atoms with E-state index >= 15 is 0 Å². The zero-order valence-electron chi connectivity index (χ0n) is 11.7. The van der Waals surface area contributed by atoms with Crippen LogP contribution in [0.2, 0.25) is 0 Å². The Labute approximate surface area is 124 Å². The average molecular weight is 308 g/mol. The molecule has 6 nitrogen and oxygen atoms in total. The van der Waals surface area contributed by atoms with Crippen LogP contribution in [-0.4, -0.2) is 38.4 Å². The fourth-order valence-corrected chi connectivity index (χ4v) is 3.79. The largest absolute Gasteiger partial charge is 0.465 e. The number of benzene rings is 1. The van der Waals surface area contributed by atoms with Crippen molar-refractivity contribution in [2.24, 2.45) is 0 Å². The Hall–Kier alpha value is -1.91. The first-order valence-electron chi connectivity index (χ1n) is 6.58. The normalized spacial score (nSPS) is 14.7. The summed E-state index contributed by atoms with van der Waals surface area (Å²) in [6, 6.07) is 7.69. The minimum absolute atomic E-state index is 0.0369. The van der Waals surface area contributed by atoms with E-state index in [2.05, 4.69) is 4.74 Å². The van der Waals surface area contributed by atoms with Gasteiger partial charge in [0.1, 0.15) is 0 Å². The number of hydrogen-bond acceptors (Lipinski definition) is 5. The molecule has 0 radical (unpaired) electrons. The van der Waals surface area contributed by atoms with Crippen LogP contribution in [-0.2, 0) is 14.8 Å². The van der Waals surface area contributed by atoms with Gasteiger partial charge >= 0.3 is 5.97 Å². The summed E-state index contributed by atoms with van der Waals surface area (Å²) in [7, 11) is -2.46. The molecule has 0 atom stereocenters. The summed E-state index contributed by atoms with van der Waals surface area (Å²) in [6.07, 6.45) is 1.76. The van der Waals surface area contributed by atoms with Gasteiger partial charge in [0.15, 0.2) is 0 Å². The molecule has 7 heteroatoms. The first-order chi connectivity index (χ1) is 10.0. The molecule has 1 saturated carbocycles. The Morgan fingerprint density at radius 2 is 2.19 bits per heavy atom. The SMILES string of the molecule is COC(=O)c1cccc(S(=O)(=O)N(CCC#N)C2CC2)c1. The number of hydrogen-bond donors (Lipinski definition) is 0. The maximum Gasteiger partial charge on any atom is 0.337 e. The lowest BCUT2D eigenvalue weighted by atomic mass is 10.2. The molecule has 112 valence electrons. The van der Waals surface area contributed by atoms with E-state index in [0.29, 0.717) is 0 Å². The molecular formula is C14H16N2O4S. The van der Waals surface area contributed by atoms with Crippen LogP contribution in [0.1, 0.15) is 29.6 Å². The lowest BCUT2D eigenvalue weighted by Gasteiger charge is -2.20. The molecular weight excluding hydrogens is 292 g/mol. The Balaban J connectivity index is 2.33. The number of nitriles is 1. The van der Waals surface area contributed by atoms with E-state index in [1.165, 1.54) is 35.7 Å². The van der Waals surface area contributed by atoms with Gasteiger partial charge in [0.2, 0.25) is 10.0 Å². The number of ether oxygens (including phenoxy) is 1. The van der Waals surface area contributed by atoms with Crippen LogP contribution >= 0.6 is 0 Å². The van der Waals surface area contributed by atoms with Crippen LogP contribution in [0, 0.1) is 11.3 Å². The lowest BCUT2D eigenvalue weighted by molar-refractivity contribution is 0.0600. The number of carbonyl (C=O) groups excluding carboxylic acids is 1. The maximum atomic E-state index is 12.6. The van der Waals surface area contributed by atoms with E-state index in [1.54, 1.807) is 0 Å². The van der Waals surface area contributed by atoms with Crippen LogP contribution in [0.5, 0.6) is 0 Å². The van der Waals surface area contributed by atoms with Crippen LogP contribution < -0.4 is 0 Å². The zero-order valence-corrected chi connectivity index (χ0v) is 12.5. The predicted molar refractivity (Wildman–Crippen MR) is 74.9 cm³/mol. The van der Waals surface area contributed by atoms with E-state index < -0.39 is 16.0 Å². The van der Waals surface area contributed by atoms with Crippen molar-refractivity contribution in [1.82, 2.24) is 4.31 Å². The van der Waals surface area contributed by atoms with Gasteiger partial charge in [-0.15, -0.1) is 0 Å². The quantitative estimate of drug-likeness (QED) is 0.744. The second kappa shape index (κ2) is 6.24. The summed E-state index contributed by atoms with van der Waals surface area (Å²) in [5.74, 6) is -0.581. The van der Waals surface area contributed by atoms with Crippen molar-refractivity contribution in [3.63, 3.8) is 0 Å². The summed E-state index contributed by atoms with van der Waals surface area (Å²) < 4.78 is 31.2. The molecule has 0 bridgehead atoms. The highest BCUT2D eigenvalue weighted by molar-refractivity contribution is 7.89. The molecule has 0 saturated heterocycles. The first kappa shape index (κ1) is 15.5. The Bertz CT molecular complexity index is 674. The standard InChI is InChI=1S/C14H16N2O4S/c1-20-14(17)11-4-2-5-13(10-11)21(18,19)16(9-3-8-15)12-6-7-12/h2,4-5,10,12H,3,6-7,9H2,1H3. The van der Waals surface area contributed by atoms with Gasteiger partial charge in [-0.05, 0) is 31.0 Å². The number of nitrogens with zero attached hydrogens (tertiary/aromatic N) is 2. The summed E-state index contributed by atoms with van der Waals surface area (Å²) in [5.41, 5.74) is 0.189. The molecule has 1 aliphatic rings. The Kier molecular flexibility index (Phi) is 4.60. The van der Waals surface area contributed by atoms with Gasteiger partial charge in [0.25, 0.3) is 0 Å². The average Bonchev–Trinajstić information content (AvgIpc) is 3.31. The topological polar surface area (TPSA) is 87.5 Å². The summed E-state index contributed by atoms with van der Waals surface area (Å²) in [5, 5.41) is 8.67. The van der Waals surface area contributed by atoms with Crippen molar-refractivity contribution >= 4 is 16.0 Å². The second-order valence-corrected chi connectivity index (χ2v) is 6.67. The van der Waals surface area contributed by atoms with Gasteiger partial charge in [0.05, 0.1) is 23.6 Å². The summed E-state index contributed by atoms with van der Waals surface area (Å²) in [6.45, 7) is 0.173. The van der Waals surface area contributed by atoms with E-state index in [-0.39, 0.29) is 29.5 Å². The second-order valence-electron chi connectivity index (χ2n) is 4.77. The molecule has 1 aromatic rings. The Morgan fingerprint density at radius 3 is 2.76 bits per heavy atom. The molecule has 0 unspecified atom stereocenters. The minimum atomic E-state index is -3.70. The molecule has 2 rings (SSSR count). The number of rotatable bonds is 6. The Morgan fingerprint density at radius 1 is 1.48 bits per heavy atom. The van der Waals surface area contributed by atoms with Crippen LogP contribution in [0.15, 0.2) is 29.2 Å². The fraction of sp³-hybridized carbons (Fsp3) is 0.429. The van der Waals surface area contributed by atoms with E-state index in [0.717, 1.165) is 12.8 Å². The third kappa shape index (κ3) is 3.40. The number of sulfonamides is 1. The molecule has 1 aliphatic carbocycles. The van der Waals surface area contributed by atoms with Gasteiger partial charge in [-0.1, -0.05) is 6.07 Å². The van der Waals surface area contributed by atoms with E-state index in [1.807, 2.05) is 6.07 Å². The van der Waals surface area contributed by atoms with Gasteiger partial charge in [0, 0.05) is 19.0 Å². The fourth-order valence-electron chi connectivity index (χ4n) is 2.06. The highest BCUT2D eigenvalue weighted by Gasteiger charge is 2.37. The van der Waals surface area contributed by atoms with Crippen molar-refractivity contribution in [2.45, 2.75) is 30.2 Å². The van der Waals surface area contributed by atoms with Crippen LogP contribution in [0.3, 0.4) is 0 Å². The predicted octanol–water partition coefficient (Wildman–Crippen LogP) is 1.54. The smallest absolute Gasteiger partial charge is 0.337 e. The lowest BCUT2D eigenvalue weighted by Crippen LogP contribution is -2.34. The van der Waals surface area contributed by atoms with Crippen molar-refractivity contribution in [2.75, 3.05) is 13.7 Å². The molecule has 21 heavy (non-hydrogen) atoms. The van der Waals surface area contributed by atoms with Crippen LogP contribution in [0.25, 0.3) is 0 Å².